The monoisotopic (exact) mass is 310 g/mol. The van der Waals surface area contributed by atoms with Crippen LogP contribution in [0.5, 0.6) is 0 Å². The SMILES string of the molecule is COCc1nc(NN)cc(SCc2ccc(Cl)cc2)n1. The molecule has 7 heteroatoms. The lowest BCUT2D eigenvalue weighted by Crippen LogP contribution is -2.11. The molecule has 0 aliphatic rings. The molecule has 0 aliphatic heterocycles. The Morgan fingerprint density at radius 1 is 1.30 bits per heavy atom. The number of anilines is 1. The molecule has 20 heavy (non-hydrogen) atoms. The van der Waals surface area contributed by atoms with Crippen LogP contribution in [0.25, 0.3) is 0 Å². The fourth-order valence-electron chi connectivity index (χ4n) is 1.55. The zero-order chi connectivity index (χ0) is 14.4. The Balaban J connectivity index is 2.07. The Labute approximate surface area is 126 Å². The van der Waals surface area contributed by atoms with Crippen molar-refractivity contribution < 1.29 is 4.74 Å². The summed E-state index contributed by atoms with van der Waals surface area (Å²) in [6.45, 7) is 0.351. The number of benzene rings is 1. The van der Waals surface area contributed by atoms with E-state index in [-0.39, 0.29) is 0 Å². The van der Waals surface area contributed by atoms with Gasteiger partial charge in [-0.1, -0.05) is 23.7 Å². The Morgan fingerprint density at radius 2 is 2.05 bits per heavy atom. The molecule has 2 aromatic rings. The highest BCUT2D eigenvalue weighted by atomic mass is 35.5. The molecule has 0 bridgehead atoms. The largest absolute Gasteiger partial charge is 0.377 e. The minimum atomic E-state index is 0.351. The van der Waals surface area contributed by atoms with Crippen LogP contribution in [0.4, 0.5) is 5.82 Å². The van der Waals surface area contributed by atoms with E-state index < -0.39 is 0 Å². The molecule has 3 N–H and O–H groups in total. The first-order valence-electron chi connectivity index (χ1n) is 5.92. The summed E-state index contributed by atoms with van der Waals surface area (Å²) in [7, 11) is 1.60. The maximum Gasteiger partial charge on any atom is 0.157 e. The van der Waals surface area contributed by atoms with Gasteiger partial charge in [0.05, 0.1) is 0 Å². The normalized spacial score (nSPS) is 10.6. The second-order valence-corrected chi connectivity index (χ2v) is 5.43. The molecule has 0 atom stereocenters. The summed E-state index contributed by atoms with van der Waals surface area (Å²) in [6, 6.07) is 9.55. The molecule has 5 nitrogen and oxygen atoms in total. The first-order valence-corrected chi connectivity index (χ1v) is 7.28. The van der Waals surface area contributed by atoms with Gasteiger partial charge in [-0.15, -0.1) is 11.8 Å². The Morgan fingerprint density at radius 3 is 2.70 bits per heavy atom. The van der Waals surface area contributed by atoms with E-state index in [0.29, 0.717) is 18.2 Å². The van der Waals surface area contributed by atoms with E-state index >= 15 is 0 Å². The van der Waals surface area contributed by atoms with Crippen LogP contribution in [0.3, 0.4) is 0 Å². The maximum absolute atomic E-state index is 5.86. The molecule has 0 aliphatic carbocycles. The quantitative estimate of drug-likeness (QED) is 0.370. The van der Waals surface area contributed by atoms with Crippen LogP contribution in [0.2, 0.25) is 5.02 Å². The summed E-state index contributed by atoms with van der Waals surface area (Å²) < 4.78 is 5.04. The van der Waals surface area contributed by atoms with Crippen molar-refractivity contribution in [3.05, 3.63) is 46.7 Å². The lowest BCUT2D eigenvalue weighted by Gasteiger charge is -2.07. The smallest absolute Gasteiger partial charge is 0.157 e. The third-order valence-corrected chi connectivity index (χ3v) is 3.70. The van der Waals surface area contributed by atoms with Crippen molar-refractivity contribution in [3.63, 3.8) is 0 Å². The van der Waals surface area contributed by atoms with Gasteiger partial charge in [-0.2, -0.15) is 0 Å². The summed E-state index contributed by atoms with van der Waals surface area (Å²) in [5.74, 6) is 7.37. The second-order valence-electron chi connectivity index (χ2n) is 4.00. The van der Waals surface area contributed by atoms with Gasteiger partial charge in [-0.25, -0.2) is 15.8 Å². The third kappa shape index (κ3) is 4.35. The van der Waals surface area contributed by atoms with Crippen LogP contribution in [0.15, 0.2) is 35.4 Å². The van der Waals surface area contributed by atoms with Crippen LogP contribution in [0, 0.1) is 0 Å². The fraction of sp³-hybridized carbons (Fsp3) is 0.231. The van der Waals surface area contributed by atoms with Crippen LogP contribution in [0.1, 0.15) is 11.4 Å². The standard InChI is InChI=1S/C13H15ClN4OS/c1-19-7-12-16-11(18-15)6-13(17-12)20-8-9-2-4-10(14)5-3-9/h2-6H,7-8,15H2,1H3,(H,16,17,18). The van der Waals surface area contributed by atoms with E-state index in [2.05, 4.69) is 15.4 Å². The number of nitrogens with zero attached hydrogens (tertiary/aromatic N) is 2. The van der Waals surface area contributed by atoms with Crippen LogP contribution in [-0.2, 0) is 17.1 Å². The summed E-state index contributed by atoms with van der Waals surface area (Å²) >= 11 is 7.46. The Kier molecular flexibility index (Phi) is 5.60. The zero-order valence-electron chi connectivity index (χ0n) is 11.0. The van der Waals surface area contributed by atoms with Crippen LogP contribution in [-0.4, -0.2) is 17.1 Å². The van der Waals surface area contributed by atoms with Gasteiger partial charge < -0.3 is 10.2 Å². The second kappa shape index (κ2) is 7.44. The average molecular weight is 311 g/mol. The molecule has 0 fully saturated rings. The zero-order valence-corrected chi connectivity index (χ0v) is 12.5. The number of halogens is 1. The van der Waals surface area contributed by atoms with E-state index in [1.807, 2.05) is 24.3 Å². The van der Waals surface area contributed by atoms with Crippen LogP contribution < -0.4 is 11.3 Å². The molecule has 0 amide bonds. The highest BCUT2D eigenvalue weighted by molar-refractivity contribution is 7.98. The number of aromatic nitrogens is 2. The van der Waals surface area contributed by atoms with Gasteiger partial charge in [-0.05, 0) is 17.7 Å². The number of methoxy groups -OCH3 is 1. The number of nitrogens with two attached hydrogens (primary N) is 1. The van der Waals surface area contributed by atoms with Gasteiger partial charge in [0.25, 0.3) is 0 Å². The fourth-order valence-corrected chi connectivity index (χ4v) is 2.55. The Hall–Kier alpha value is -1.34. The number of hydrogen-bond donors (Lipinski definition) is 2. The predicted molar refractivity (Wildman–Crippen MR) is 81.6 cm³/mol. The Bertz CT molecular complexity index is 565. The highest BCUT2D eigenvalue weighted by Crippen LogP contribution is 2.23. The molecular weight excluding hydrogens is 296 g/mol. The first-order chi connectivity index (χ1) is 9.71. The van der Waals surface area contributed by atoms with Crippen molar-refractivity contribution in [1.29, 1.82) is 0 Å². The number of nitrogens with one attached hydrogen (secondary N) is 1. The van der Waals surface area contributed by atoms with Crippen molar-refractivity contribution in [1.82, 2.24) is 9.97 Å². The summed E-state index contributed by atoms with van der Waals surface area (Å²) in [4.78, 5) is 8.61. The van der Waals surface area contributed by atoms with Gasteiger partial charge >= 0.3 is 0 Å². The first kappa shape index (κ1) is 15.1. The predicted octanol–water partition coefficient (Wildman–Crippen LogP) is 2.85. The molecule has 0 unspecified atom stereocenters. The van der Waals surface area contributed by atoms with Gasteiger partial charge in [0, 0.05) is 24.0 Å². The lowest BCUT2D eigenvalue weighted by atomic mass is 10.2. The molecule has 0 radical (unpaired) electrons. The number of hydrogen-bond acceptors (Lipinski definition) is 6. The van der Waals surface area contributed by atoms with Crippen molar-refractivity contribution in [2.24, 2.45) is 5.84 Å². The summed E-state index contributed by atoms with van der Waals surface area (Å²) in [6.07, 6.45) is 0. The van der Waals surface area contributed by atoms with Gasteiger partial charge in [0.2, 0.25) is 0 Å². The van der Waals surface area contributed by atoms with Crippen molar-refractivity contribution in [2.75, 3.05) is 12.5 Å². The van der Waals surface area contributed by atoms with E-state index in [0.717, 1.165) is 15.8 Å². The topological polar surface area (TPSA) is 73.1 Å². The number of thioether (sulfide) groups is 1. The number of ether oxygens (including phenoxy) is 1. The van der Waals surface area contributed by atoms with Gasteiger partial charge in [0.1, 0.15) is 17.5 Å². The average Bonchev–Trinajstić information content (AvgIpc) is 2.47. The summed E-state index contributed by atoms with van der Waals surface area (Å²) in [5, 5.41) is 1.58. The summed E-state index contributed by atoms with van der Waals surface area (Å²) in [5.41, 5.74) is 3.71. The van der Waals surface area contributed by atoms with Crippen LogP contribution >= 0.6 is 23.4 Å². The van der Waals surface area contributed by atoms with Crippen molar-refractivity contribution in [2.45, 2.75) is 17.4 Å². The minimum absolute atomic E-state index is 0.351. The van der Waals surface area contributed by atoms with Gasteiger partial charge in [0.15, 0.2) is 5.82 Å². The molecule has 1 aromatic carbocycles. The van der Waals surface area contributed by atoms with Crippen molar-refractivity contribution >= 4 is 29.2 Å². The molecule has 0 saturated heterocycles. The number of nitrogen functional groups attached to an aromatic ring is 1. The molecule has 0 spiro atoms. The number of rotatable bonds is 6. The molecular formula is C13H15ClN4OS. The van der Waals surface area contributed by atoms with E-state index in [9.17, 15) is 0 Å². The van der Waals surface area contributed by atoms with E-state index in [4.69, 9.17) is 22.2 Å². The molecule has 0 saturated carbocycles. The van der Waals surface area contributed by atoms with E-state index in [1.165, 1.54) is 5.56 Å². The highest BCUT2D eigenvalue weighted by Gasteiger charge is 2.05. The molecule has 1 aromatic heterocycles. The maximum atomic E-state index is 5.86. The van der Waals surface area contributed by atoms with Gasteiger partial charge in [-0.3, -0.25) is 0 Å². The number of hydrazine groups is 1. The molecule has 2 rings (SSSR count). The van der Waals surface area contributed by atoms with E-state index in [1.54, 1.807) is 24.9 Å². The minimum Gasteiger partial charge on any atom is -0.377 e. The third-order valence-electron chi connectivity index (χ3n) is 2.47. The molecule has 106 valence electrons. The molecule has 1 heterocycles. The lowest BCUT2D eigenvalue weighted by molar-refractivity contribution is 0.177. The van der Waals surface area contributed by atoms with Crippen molar-refractivity contribution in [3.8, 4) is 0 Å².